The van der Waals surface area contributed by atoms with E-state index < -0.39 is 17.2 Å². The standard InChI is InChI=1S/C12H6BrF2NO2S/c1-18-6-2-4-7-5(13)3-19-11(7)12(17)16-10(4)9(15)8(6)14/h2-3H,1H3,(H,16,17). The Morgan fingerprint density at radius 3 is 2.79 bits per heavy atom. The van der Waals surface area contributed by atoms with Crippen molar-refractivity contribution in [2.45, 2.75) is 0 Å². The van der Waals surface area contributed by atoms with E-state index >= 15 is 0 Å². The summed E-state index contributed by atoms with van der Waals surface area (Å²) in [5.74, 6) is -2.43. The number of thiophene rings is 1. The van der Waals surface area contributed by atoms with Gasteiger partial charge in [-0.05, 0) is 22.0 Å². The lowest BCUT2D eigenvalue weighted by atomic mass is 10.1. The molecular weight excluding hydrogens is 340 g/mol. The van der Waals surface area contributed by atoms with Gasteiger partial charge in [-0.25, -0.2) is 4.39 Å². The van der Waals surface area contributed by atoms with Gasteiger partial charge in [-0.2, -0.15) is 4.39 Å². The molecule has 0 bridgehead atoms. The van der Waals surface area contributed by atoms with Crippen molar-refractivity contribution >= 4 is 48.3 Å². The molecule has 0 fully saturated rings. The topological polar surface area (TPSA) is 42.1 Å². The summed E-state index contributed by atoms with van der Waals surface area (Å²) in [6.45, 7) is 0. The third-order valence-corrected chi connectivity index (χ3v) is 4.76. The lowest BCUT2D eigenvalue weighted by Crippen LogP contribution is -2.07. The largest absolute Gasteiger partial charge is 0.494 e. The quantitative estimate of drug-likeness (QED) is 0.728. The average Bonchev–Trinajstić information content (AvgIpc) is 2.78. The number of rotatable bonds is 1. The van der Waals surface area contributed by atoms with E-state index in [9.17, 15) is 13.6 Å². The molecule has 2 heterocycles. The summed E-state index contributed by atoms with van der Waals surface area (Å²) in [5, 5.41) is 2.69. The van der Waals surface area contributed by atoms with E-state index in [-0.39, 0.29) is 11.3 Å². The Hall–Kier alpha value is -1.47. The molecule has 0 atom stereocenters. The Morgan fingerprint density at radius 2 is 2.11 bits per heavy atom. The second-order valence-corrected chi connectivity index (χ2v) is 5.61. The van der Waals surface area contributed by atoms with Crippen LogP contribution in [0, 0.1) is 11.6 Å². The molecule has 0 amide bonds. The van der Waals surface area contributed by atoms with E-state index in [4.69, 9.17) is 4.74 Å². The van der Waals surface area contributed by atoms with Crippen molar-refractivity contribution in [3.63, 3.8) is 0 Å². The Labute approximate surface area is 117 Å². The number of aromatic nitrogens is 1. The molecule has 3 rings (SSSR count). The van der Waals surface area contributed by atoms with Crippen LogP contribution < -0.4 is 10.3 Å². The lowest BCUT2D eigenvalue weighted by molar-refractivity contribution is 0.374. The lowest BCUT2D eigenvalue weighted by Gasteiger charge is -2.07. The molecule has 0 aliphatic rings. The first-order valence-corrected chi connectivity index (χ1v) is 6.86. The van der Waals surface area contributed by atoms with Gasteiger partial charge in [0.1, 0.15) is 4.70 Å². The number of benzene rings is 1. The van der Waals surface area contributed by atoms with Gasteiger partial charge < -0.3 is 9.72 Å². The third kappa shape index (κ3) is 1.68. The normalized spacial score (nSPS) is 11.4. The number of H-pyrrole nitrogens is 1. The van der Waals surface area contributed by atoms with Crippen molar-refractivity contribution in [2.24, 2.45) is 0 Å². The van der Waals surface area contributed by atoms with Gasteiger partial charge in [0, 0.05) is 20.6 Å². The van der Waals surface area contributed by atoms with E-state index in [2.05, 4.69) is 20.9 Å². The molecule has 7 heteroatoms. The summed E-state index contributed by atoms with van der Waals surface area (Å²) in [4.78, 5) is 14.2. The van der Waals surface area contributed by atoms with Gasteiger partial charge in [0.25, 0.3) is 5.56 Å². The first kappa shape index (κ1) is 12.6. The van der Waals surface area contributed by atoms with Gasteiger partial charge in [-0.1, -0.05) is 0 Å². The molecule has 0 saturated heterocycles. The first-order valence-electron chi connectivity index (χ1n) is 5.19. The highest BCUT2D eigenvalue weighted by Gasteiger charge is 2.19. The number of nitrogens with one attached hydrogen (secondary N) is 1. The number of fused-ring (bicyclic) bond motifs is 3. The Bertz CT molecular complexity index is 872. The average molecular weight is 346 g/mol. The van der Waals surface area contributed by atoms with Crippen LogP contribution in [0.5, 0.6) is 5.75 Å². The minimum Gasteiger partial charge on any atom is -0.494 e. The molecule has 2 aromatic heterocycles. The van der Waals surface area contributed by atoms with Gasteiger partial charge in [0.2, 0.25) is 5.82 Å². The summed E-state index contributed by atoms with van der Waals surface area (Å²) >= 11 is 4.54. The van der Waals surface area contributed by atoms with Crippen LogP contribution in [0.1, 0.15) is 0 Å². The second-order valence-electron chi connectivity index (χ2n) is 3.87. The molecule has 1 aromatic carbocycles. The number of aromatic amines is 1. The van der Waals surface area contributed by atoms with Gasteiger partial charge in [-0.15, -0.1) is 11.3 Å². The molecule has 0 unspecified atom stereocenters. The van der Waals surface area contributed by atoms with Crippen LogP contribution in [0.3, 0.4) is 0 Å². The minimum atomic E-state index is -1.12. The van der Waals surface area contributed by atoms with Gasteiger partial charge in [0.15, 0.2) is 11.6 Å². The van der Waals surface area contributed by atoms with Crippen LogP contribution >= 0.6 is 27.3 Å². The molecule has 0 aliphatic heterocycles. The SMILES string of the molecule is COc1cc2c([nH]c(=O)c3scc(Br)c32)c(F)c1F. The van der Waals surface area contributed by atoms with E-state index in [0.717, 1.165) is 0 Å². The van der Waals surface area contributed by atoms with Crippen LogP contribution in [0.2, 0.25) is 0 Å². The highest BCUT2D eigenvalue weighted by atomic mass is 79.9. The van der Waals surface area contributed by atoms with Crippen LogP contribution in [-0.4, -0.2) is 12.1 Å². The summed E-state index contributed by atoms with van der Waals surface area (Å²) in [6, 6.07) is 1.38. The second kappa shape index (κ2) is 4.28. The number of hydrogen-bond donors (Lipinski definition) is 1. The zero-order chi connectivity index (χ0) is 13.7. The molecule has 3 aromatic rings. The van der Waals surface area contributed by atoms with E-state index in [0.29, 0.717) is 19.9 Å². The number of ether oxygens (including phenoxy) is 1. The van der Waals surface area contributed by atoms with Gasteiger partial charge in [0.05, 0.1) is 12.6 Å². The molecule has 0 saturated carbocycles. The van der Waals surface area contributed by atoms with Crippen LogP contribution in [-0.2, 0) is 0 Å². The fourth-order valence-electron chi connectivity index (χ4n) is 2.00. The molecular formula is C12H6BrF2NO2S. The van der Waals surface area contributed by atoms with Crippen LogP contribution in [0.15, 0.2) is 20.7 Å². The fraction of sp³-hybridized carbons (Fsp3) is 0.0833. The monoisotopic (exact) mass is 345 g/mol. The summed E-state index contributed by atoms with van der Waals surface area (Å²) < 4.78 is 33.5. The Morgan fingerprint density at radius 1 is 1.37 bits per heavy atom. The number of methoxy groups -OCH3 is 1. The van der Waals surface area contributed by atoms with Crippen molar-refractivity contribution in [2.75, 3.05) is 7.11 Å². The van der Waals surface area contributed by atoms with Crippen LogP contribution in [0.25, 0.3) is 21.0 Å². The molecule has 3 nitrogen and oxygen atoms in total. The summed E-state index contributed by atoms with van der Waals surface area (Å²) in [7, 11) is 1.26. The molecule has 0 radical (unpaired) electrons. The molecule has 1 N–H and O–H groups in total. The smallest absolute Gasteiger partial charge is 0.266 e. The third-order valence-electron chi connectivity index (χ3n) is 2.85. The van der Waals surface area contributed by atoms with E-state index in [1.54, 1.807) is 5.38 Å². The van der Waals surface area contributed by atoms with E-state index in [1.165, 1.54) is 24.5 Å². The Balaban J connectivity index is 2.65. The molecule has 0 spiro atoms. The number of pyridine rings is 1. The van der Waals surface area contributed by atoms with Crippen molar-refractivity contribution in [1.82, 2.24) is 4.98 Å². The van der Waals surface area contributed by atoms with Gasteiger partial charge >= 0.3 is 0 Å². The van der Waals surface area contributed by atoms with Gasteiger partial charge in [-0.3, -0.25) is 4.79 Å². The van der Waals surface area contributed by atoms with Crippen molar-refractivity contribution in [1.29, 1.82) is 0 Å². The predicted molar refractivity (Wildman–Crippen MR) is 74.1 cm³/mol. The number of halogens is 3. The maximum absolute atomic E-state index is 14.0. The summed E-state index contributed by atoms with van der Waals surface area (Å²) in [6.07, 6.45) is 0. The van der Waals surface area contributed by atoms with E-state index in [1.807, 2.05) is 0 Å². The maximum Gasteiger partial charge on any atom is 0.266 e. The predicted octanol–water partition coefficient (Wildman–Crippen LogP) is 3.79. The minimum absolute atomic E-state index is 0.157. The first-order chi connectivity index (χ1) is 9.04. The maximum atomic E-state index is 14.0. The molecule has 19 heavy (non-hydrogen) atoms. The number of hydrogen-bond acceptors (Lipinski definition) is 3. The molecule has 98 valence electrons. The molecule has 0 aliphatic carbocycles. The highest BCUT2D eigenvalue weighted by molar-refractivity contribution is 9.10. The van der Waals surface area contributed by atoms with Crippen molar-refractivity contribution in [3.8, 4) is 5.75 Å². The fourth-order valence-corrected chi connectivity index (χ4v) is 3.65. The summed E-state index contributed by atoms with van der Waals surface area (Å²) in [5.41, 5.74) is -0.600. The van der Waals surface area contributed by atoms with Crippen molar-refractivity contribution < 1.29 is 13.5 Å². The zero-order valence-corrected chi connectivity index (χ0v) is 11.9. The highest BCUT2D eigenvalue weighted by Crippen LogP contribution is 2.36. The Kier molecular flexibility index (Phi) is 2.83. The van der Waals surface area contributed by atoms with Crippen molar-refractivity contribution in [3.05, 3.63) is 37.9 Å². The zero-order valence-electron chi connectivity index (χ0n) is 9.51. The van der Waals surface area contributed by atoms with Crippen LogP contribution in [0.4, 0.5) is 8.78 Å².